The minimum Gasteiger partial charge on any atom is -0.278 e. The van der Waals surface area contributed by atoms with E-state index in [-0.39, 0.29) is 0 Å². The fourth-order valence-electron chi connectivity index (χ4n) is 2.14. The number of benzene rings is 1. The minimum atomic E-state index is 0.290. The SMILES string of the molecule is Cc1ccnc2c1nc(CCl)n2-c1cc(Br)ccc1Cl. The number of rotatable bonds is 2. The number of fused-ring (bicyclic) bond motifs is 1. The van der Waals surface area contributed by atoms with Crippen molar-refractivity contribution in [2.24, 2.45) is 0 Å². The highest BCUT2D eigenvalue weighted by Crippen LogP contribution is 2.30. The second-order valence-corrected chi connectivity index (χ2v) is 5.98. The standard InChI is InChI=1S/C14H10BrCl2N3/c1-8-4-5-18-14-13(8)19-12(7-16)20(14)11-6-9(15)2-3-10(11)17/h2-6H,7H2,1H3. The van der Waals surface area contributed by atoms with Gasteiger partial charge in [-0.15, -0.1) is 11.6 Å². The second-order valence-electron chi connectivity index (χ2n) is 4.39. The minimum absolute atomic E-state index is 0.290. The molecular weight excluding hydrogens is 361 g/mol. The van der Waals surface area contributed by atoms with Crippen LogP contribution in [0.2, 0.25) is 5.02 Å². The van der Waals surface area contributed by atoms with Crippen LogP contribution in [0.4, 0.5) is 0 Å². The van der Waals surface area contributed by atoms with E-state index in [1.165, 1.54) is 0 Å². The van der Waals surface area contributed by atoms with E-state index in [2.05, 4.69) is 25.9 Å². The molecule has 0 spiro atoms. The summed E-state index contributed by atoms with van der Waals surface area (Å²) < 4.78 is 2.84. The molecule has 0 bridgehead atoms. The van der Waals surface area contributed by atoms with Gasteiger partial charge in [-0.1, -0.05) is 27.5 Å². The van der Waals surface area contributed by atoms with Crippen molar-refractivity contribution < 1.29 is 0 Å². The molecule has 6 heteroatoms. The van der Waals surface area contributed by atoms with Crippen molar-refractivity contribution in [2.45, 2.75) is 12.8 Å². The molecule has 0 aliphatic rings. The number of hydrogen-bond acceptors (Lipinski definition) is 2. The monoisotopic (exact) mass is 369 g/mol. The van der Waals surface area contributed by atoms with Gasteiger partial charge in [-0.3, -0.25) is 4.57 Å². The Kier molecular flexibility index (Phi) is 3.71. The summed E-state index contributed by atoms with van der Waals surface area (Å²) in [6.07, 6.45) is 1.76. The Bertz CT molecular complexity index is 798. The first-order valence-corrected chi connectivity index (χ1v) is 7.66. The van der Waals surface area contributed by atoms with Gasteiger partial charge >= 0.3 is 0 Å². The molecule has 2 aromatic heterocycles. The topological polar surface area (TPSA) is 30.7 Å². The van der Waals surface area contributed by atoms with E-state index in [9.17, 15) is 0 Å². The van der Waals surface area contributed by atoms with E-state index in [1.54, 1.807) is 6.20 Å². The van der Waals surface area contributed by atoms with Crippen molar-refractivity contribution in [3.63, 3.8) is 0 Å². The summed E-state index contributed by atoms with van der Waals surface area (Å²) in [4.78, 5) is 9.00. The lowest BCUT2D eigenvalue weighted by atomic mass is 10.2. The van der Waals surface area contributed by atoms with E-state index in [4.69, 9.17) is 23.2 Å². The Labute approximate surface area is 134 Å². The van der Waals surface area contributed by atoms with Gasteiger partial charge in [-0.2, -0.15) is 0 Å². The third-order valence-corrected chi connectivity index (χ3v) is 4.14. The zero-order chi connectivity index (χ0) is 14.3. The molecule has 3 aromatic rings. The number of aryl methyl sites for hydroxylation is 1. The molecule has 3 rings (SSSR count). The summed E-state index contributed by atoms with van der Waals surface area (Å²) in [5, 5.41) is 0.627. The number of hydrogen-bond donors (Lipinski definition) is 0. The lowest BCUT2D eigenvalue weighted by Gasteiger charge is -2.09. The van der Waals surface area contributed by atoms with Crippen molar-refractivity contribution in [1.82, 2.24) is 14.5 Å². The van der Waals surface area contributed by atoms with Crippen LogP contribution in [-0.4, -0.2) is 14.5 Å². The van der Waals surface area contributed by atoms with Gasteiger partial charge in [-0.05, 0) is 36.8 Å². The van der Waals surface area contributed by atoms with E-state index in [0.29, 0.717) is 10.9 Å². The second kappa shape index (κ2) is 5.35. The maximum absolute atomic E-state index is 6.32. The summed E-state index contributed by atoms with van der Waals surface area (Å²) in [5.41, 5.74) is 3.49. The summed E-state index contributed by atoms with van der Waals surface area (Å²) in [7, 11) is 0. The zero-order valence-electron chi connectivity index (χ0n) is 10.6. The van der Waals surface area contributed by atoms with Crippen molar-refractivity contribution >= 4 is 50.3 Å². The molecule has 0 radical (unpaired) electrons. The van der Waals surface area contributed by atoms with Crippen molar-refractivity contribution in [3.05, 3.63) is 51.3 Å². The van der Waals surface area contributed by atoms with Crippen LogP contribution in [0.5, 0.6) is 0 Å². The lowest BCUT2D eigenvalue weighted by molar-refractivity contribution is 0.969. The molecule has 2 heterocycles. The first-order valence-electron chi connectivity index (χ1n) is 5.96. The van der Waals surface area contributed by atoms with Crippen molar-refractivity contribution in [3.8, 4) is 5.69 Å². The molecule has 0 saturated carbocycles. The Morgan fingerprint density at radius 3 is 2.85 bits per heavy atom. The van der Waals surface area contributed by atoms with Crippen LogP contribution in [-0.2, 0) is 5.88 Å². The van der Waals surface area contributed by atoms with Gasteiger partial charge in [0.15, 0.2) is 5.65 Å². The smallest absolute Gasteiger partial charge is 0.165 e. The van der Waals surface area contributed by atoms with E-state index in [0.717, 1.165) is 32.7 Å². The summed E-state index contributed by atoms with van der Waals surface area (Å²) in [6, 6.07) is 7.59. The van der Waals surface area contributed by atoms with E-state index < -0.39 is 0 Å². The van der Waals surface area contributed by atoms with Crippen LogP contribution in [0.3, 0.4) is 0 Å². The number of halogens is 3. The average molecular weight is 371 g/mol. The molecule has 0 amide bonds. The fraction of sp³-hybridized carbons (Fsp3) is 0.143. The normalized spacial score (nSPS) is 11.2. The molecule has 0 fully saturated rings. The lowest BCUT2D eigenvalue weighted by Crippen LogP contribution is -2.01. The summed E-state index contributed by atoms with van der Waals surface area (Å²) in [6.45, 7) is 2.00. The highest BCUT2D eigenvalue weighted by molar-refractivity contribution is 9.10. The van der Waals surface area contributed by atoms with Gasteiger partial charge in [0.05, 0.1) is 16.6 Å². The number of nitrogens with zero attached hydrogens (tertiary/aromatic N) is 3. The van der Waals surface area contributed by atoms with E-state index in [1.807, 2.05) is 35.8 Å². The van der Waals surface area contributed by atoms with Gasteiger partial charge < -0.3 is 0 Å². The Morgan fingerprint density at radius 1 is 1.30 bits per heavy atom. The van der Waals surface area contributed by atoms with E-state index >= 15 is 0 Å². The molecule has 0 saturated heterocycles. The maximum Gasteiger partial charge on any atom is 0.165 e. The quantitative estimate of drug-likeness (QED) is 0.601. The molecule has 0 aliphatic heterocycles. The third-order valence-electron chi connectivity index (χ3n) is 3.09. The molecule has 1 aromatic carbocycles. The van der Waals surface area contributed by atoms with Crippen molar-refractivity contribution in [2.75, 3.05) is 0 Å². The van der Waals surface area contributed by atoms with Crippen LogP contribution in [0.1, 0.15) is 11.4 Å². The van der Waals surface area contributed by atoms with Gasteiger partial charge in [0.25, 0.3) is 0 Å². The Balaban J connectivity index is 2.40. The van der Waals surface area contributed by atoms with Crippen molar-refractivity contribution in [1.29, 1.82) is 0 Å². The Morgan fingerprint density at radius 2 is 2.10 bits per heavy atom. The third kappa shape index (κ3) is 2.22. The Hall–Kier alpha value is -1.10. The average Bonchev–Trinajstić information content (AvgIpc) is 2.81. The van der Waals surface area contributed by atoms with Crippen LogP contribution in [0.15, 0.2) is 34.9 Å². The van der Waals surface area contributed by atoms with Gasteiger partial charge in [-0.25, -0.2) is 9.97 Å². The molecule has 0 aliphatic carbocycles. The van der Waals surface area contributed by atoms with Gasteiger partial charge in [0, 0.05) is 10.7 Å². The number of pyridine rings is 1. The predicted molar refractivity (Wildman–Crippen MR) is 85.9 cm³/mol. The molecule has 0 atom stereocenters. The van der Waals surface area contributed by atoms with Gasteiger partial charge in [0.2, 0.25) is 0 Å². The molecule has 20 heavy (non-hydrogen) atoms. The molecule has 3 nitrogen and oxygen atoms in total. The first kappa shape index (κ1) is 13.9. The van der Waals surface area contributed by atoms with Crippen LogP contribution in [0, 0.1) is 6.92 Å². The maximum atomic E-state index is 6.32. The predicted octanol–water partition coefficient (Wildman–Crippen LogP) is 4.88. The molecule has 0 N–H and O–H groups in total. The summed E-state index contributed by atoms with van der Waals surface area (Å²) in [5.74, 6) is 1.02. The largest absolute Gasteiger partial charge is 0.278 e. The first-order chi connectivity index (χ1) is 9.61. The molecule has 0 unspecified atom stereocenters. The number of alkyl halides is 1. The highest BCUT2D eigenvalue weighted by atomic mass is 79.9. The van der Waals surface area contributed by atoms with Crippen LogP contribution in [0.25, 0.3) is 16.9 Å². The number of aromatic nitrogens is 3. The zero-order valence-corrected chi connectivity index (χ0v) is 13.7. The summed E-state index contributed by atoms with van der Waals surface area (Å²) >= 11 is 15.8. The highest BCUT2D eigenvalue weighted by Gasteiger charge is 2.16. The molecular formula is C14H10BrCl2N3. The fourth-order valence-corrected chi connectivity index (χ4v) is 2.87. The molecule has 102 valence electrons. The van der Waals surface area contributed by atoms with Crippen LogP contribution < -0.4 is 0 Å². The van der Waals surface area contributed by atoms with Crippen LogP contribution >= 0.6 is 39.1 Å². The van der Waals surface area contributed by atoms with Gasteiger partial charge in [0.1, 0.15) is 11.3 Å². The number of imidazole rings is 1.